The van der Waals surface area contributed by atoms with E-state index in [-0.39, 0.29) is 24.3 Å². The van der Waals surface area contributed by atoms with E-state index in [2.05, 4.69) is 15.6 Å². The third kappa shape index (κ3) is 4.13. The molecule has 1 aromatic heterocycles. The second kappa shape index (κ2) is 7.96. The second-order valence-electron chi connectivity index (χ2n) is 7.28. The Bertz CT molecular complexity index is 896. The number of pyridine rings is 1. The first-order chi connectivity index (χ1) is 13.6. The van der Waals surface area contributed by atoms with Crippen LogP contribution in [0.5, 0.6) is 5.88 Å². The van der Waals surface area contributed by atoms with Crippen LogP contribution in [0.3, 0.4) is 0 Å². The number of rotatable bonds is 5. The van der Waals surface area contributed by atoms with Crippen LogP contribution in [-0.2, 0) is 16.1 Å². The van der Waals surface area contributed by atoms with E-state index in [1.54, 1.807) is 12.3 Å². The first-order valence-corrected chi connectivity index (χ1v) is 9.57. The van der Waals surface area contributed by atoms with Gasteiger partial charge < -0.3 is 15.4 Å². The van der Waals surface area contributed by atoms with Gasteiger partial charge in [0.15, 0.2) is 0 Å². The summed E-state index contributed by atoms with van der Waals surface area (Å²) in [6.07, 6.45) is 6.38. The molecule has 6 nitrogen and oxygen atoms in total. The molecule has 1 unspecified atom stereocenters. The minimum Gasteiger partial charge on any atom is -0.474 e. The van der Waals surface area contributed by atoms with E-state index in [0.29, 0.717) is 23.7 Å². The standard InChI is InChI=1S/C21H22FN3O3/c22-14-5-6-16-17(11-19(26)25-18(16)10-14)21(27)24-12-13-7-8-23-20(9-13)28-15-3-1-2-4-15/h5-10,15,17H,1-4,11-12H2,(H,24,27)(H,25,26). The molecule has 2 N–H and O–H groups in total. The van der Waals surface area contributed by atoms with E-state index in [1.165, 1.54) is 25.0 Å². The van der Waals surface area contributed by atoms with Crippen LogP contribution in [0, 0.1) is 5.82 Å². The maximum atomic E-state index is 13.4. The summed E-state index contributed by atoms with van der Waals surface area (Å²) in [5, 5.41) is 5.49. The SMILES string of the molecule is O=C1CC(C(=O)NCc2ccnc(OC3CCCC3)c2)c2ccc(F)cc2N1. The molecule has 1 aromatic carbocycles. The van der Waals surface area contributed by atoms with E-state index in [1.807, 2.05) is 12.1 Å². The van der Waals surface area contributed by atoms with Crippen molar-refractivity contribution in [3.05, 3.63) is 53.5 Å². The van der Waals surface area contributed by atoms with Gasteiger partial charge in [-0.25, -0.2) is 9.37 Å². The van der Waals surface area contributed by atoms with Crippen molar-refractivity contribution in [2.45, 2.75) is 50.7 Å². The first kappa shape index (κ1) is 18.4. The molecule has 28 heavy (non-hydrogen) atoms. The van der Waals surface area contributed by atoms with Gasteiger partial charge in [-0.2, -0.15) is 0 Å². The zero-order valence-corrected chi connectivity index (χ0v) is 15.4. The van der Waals surface area contributed by atoms with Crippen molar-refractivity contribution >= 4 is 17.5 Å². The number of anilines is 1. The molecule has 146 valence electrons. The summed E-state index contributed by atoms with van der Waals surface area (Å²) in [7, 11) is 0. The monoisotopic (exact) mass is 383 g/mol. The van der Waals surface area contributed by atoms with Crippen LogP contribution in [0.15, 0.2) is 36.5 Å². The number of carbonyl (C=O) groups is 2. The quantitative estimate of drug-likeness (QED) is 0.830. The number of nitrogens with zero attached hydrogens (tertiary/aromatic N) is 1. The number of hydrogen-bond donors (Lipinski definition) is 2. The van der Waals surface area contributed by atoms with Gasteiger partial charge in [-0.3, -0.25) is 9.59 Å². The molecule has 0 bridgehead atoms. The van der Waals surface area contributed by atoms with E-state index >= 15 is 0 Å². The average molecular weight is 383 g/mol. The van der Waals surface area contributed by atoms with Gasteiger partial charge in [0, 0.05) is 30.9 Å². The molecule has 2 heterocycles. The fourth-order valence-electron chi connectivity index (χ4n) is 3.79. The van der Waals surface area contributed by atoms with Gasteiger partial charge in [0.05, 0.1) is 5.92 Å². The zero-order valence-electron chi connectivity index (χ0n) is 15.4. The highest BCUT2D eigenvalue weighted by Gasteiger charge is 2.30. The Morgan fingerprint density at radius 3 is 2.89 bits per heavy atom. The highest BCUT2D eigenvalue weighted by molar-refractivity contribution is 6.01. The third-order valence-electron chi connectivity index (χ3n) is 5.23. The Morgan fingerprint density at radius 2 is 2.07 bits per heavy atom. The van der Waals surface area contributed by atoms with Crippen molar-refractivity contribution in [2.24, 2.45) is 0 Å². The van der Waals surface area contributed by atoms with Crippen LogP contribution in [0.1, 0.15) is 49.1 Å². The predicted octanol–water partition coefficient (Wildman–Crippen LogP) is 3.28. The molecule has 4 rings (SSSR count). The lowest BCUT2D eigenvalue weighted by atomic mass is 9.89. The molecule has 0 radical (unpaired) electrons. The largest absolute Gasteiger partial charge is 0.474 e. The van der Waals surface area contributed by atoms with Crippen LogP contribution < -0.4 is 15.4 Å². The van der Waals surface area contributed by atoms with Gasteiger partial charge >= 0.3 is 0 Å². The number of amides is 2. The third-order valence-corrected chi connectivity index (χ3v) is 5.23. The lowest BCUT2D eigenvalue weighted by Crippen LogP contribution is -2.34. The number of halogens is 1. The summed E-state index contributed by atoms with van der Waals surface area (Å²) >= 11 is 0. The summed E-state index contributed by atoms with van der Waals surface area (Å²) < 4.78 is 19.3. The Kier molecular flexibility index (Phi) is 5.23. The van der Waals surface area contributed by atoms with Crippen LogP contribution >= 0.6 is 0 Å². The van der Waals surface area contributed by atoms with Crippen molar-refractivity contribution in [3.63, 3.8) is 0 Å². The number of carbonyl (C=O) groups excluding carboxylic acids is 2. The van der Waals surface area contributed by atoms with E-state index < -0.39 is 11.7 Å². The summed E-state index contributed by atoms with van der Waals surface area (Å²) in [6.45, 7) is 0.303. The molecule has 1 atom stereocenters. The molecule has 0 saturated heterocycles. The molecule has 2 aliphatic rings. The zero-order chi connectivity index (χ0) is 19.5. The number of hydrogen-bond acceptors (Lipinski definition) is 4. The van der Waals surface area contributed by atoms with Gasteiger partial charge in [0.1, 0.15) is 11.9 Å². The Labute approximate surface area is 162 Å². The fourth-order valence-corrected chi connectivity index (χ4v) is 3.79. The van der Waals surface area contributed by atoms with Crippen molar-refractivity contribution < 1.29 is 18.7 Å². The number of fused-ring (bicyclic) bond motifs is 1. The van der Waals surface area contributed by atoms with Crippen molar-refractivity contribution in [3.8, 4) is 5.88 Å². The maximum Gasteiger partial charge on any atom is 0.228 e. The molecule has 2 aromatic rings. The van der Waals surface area contributed by atoms with Crippen molar-refractivity contribution in [1.82, 2.24) is 10.3 Å². The van der Waals surface area contributed by atoms with Crippen molar-refractivity contribution in [2.75, 3.05) is 5.32 Å². The molecule has 0 spiro atoms. The van der Waals surface area contributed by atoms with Gasteiger partial charge in [0.2, 0.25) is 17.7 Å². The molecule has 2 amide bonds. The minimum absolute atomic E-state index is 0.0385. The van der Waals surface area contributed by atoms with E-state index in [4.69, 9.17) is 4.74 Å². The van der Waals surface area contributed by atoms with E-state index in [9.17, 15) is 14.0 Å². The van der Waals surface area contributed by atoms with Gasteiger partial charge in [-0.1, -0.05) is 6.07 Å². The fraction of sp³-hybridized carbons (Fsp3) is 0.381. The Balaban J connectivity index is 1.41. The van der Waals surface area contributed by atoms with Crippen LogP contribution in [0.2, 0.25) is 0 Å². The number of aromatic nitrogens is 1. The summed E-state index contributed by atoms with van der Waals surface area (Å²) in [5.74, 6) is -1.09. The molecule has 1 fully saturated rings. The van der Waals surface area contributed by atoms with Crippen molar-refractivity contribution in [1.29, 1.82) is 0 Å². The Hall–Kier alpha value is -2.96. The average Bonchev–Trinajstić information content (AvgIpc) is 3.18. The number of nitrogens with one attached hydrogen (secondary N) is 2. The summed E-state index contributed by atoms with van der Waals surface area (Å²) in [4.78, 5) is 28.8. The Morgan fingerprint density at radius 1 is 1.25 bits per heavy atom. The van der Waals surface area contributed by atoms with E-state index in [0.717, 1.165) is 18.4 Å². The number of benzene rings is 1. The van der Waals surface area contributed by atoms with Crippen LogP contribution in [-0.4, -0.2) is 22.9 Å². The lowest BCUT2D eigenvalue weighted by Gasteiger charge is -2.25. The summed E-state index contributed by atoms with van der Waals surface area (Å²) in [6, 6.07) is 7.73. The molecular weight excluding hydrogens is 361 g/mol. The summed E-state index contributed by atoms with van der Waals surface area (Å²) in [5.41, 5.74) is 1.85. The molecular formula is C21H22FN3O3. The second-order valence-corrected chi connectivity index (χ2v) is 7.28. The van der Waals surface area contributed by atoms with Gasteiger partial charge in [-0.05, 0) is 55.0 Å². The van der Waals surface area contributed by atoms with Crippen LogP contribution in [0.4, 0.5) is 10.1 Å². The molecule has 1 saturated carbocycles. The van der Waals surface area contributed by atoms with Gasteiger partial charge in [-0.15, -0.1) is 0 Å². The smallest absolute Gasteiger partial charge is 0.228 e. The van der Waals surface area contributed by atoms with Crippen LogP contribution in [0.25, 0.3) is 0 Å². The van der Waals surface area contributed by atoms with Gasteiger partial charge in [0.25, 0.3) is 0 Å². The molecule has 1 aliphatic heterocycles. The predicted molar refractivity (Wildman–Crippen MR) is 101 cm³/mol. The molecule has 7 heteroatoms. The molecule has 1 aliphatic carbocycles. The minimum atomic E-state index is -0.639. The maximum absolute atomic E-state index is 13.4. The normalized spacial score (nSPS) is 19.0. The highest BCUT2D eigenvalue weighted by atomic mass is 19.1. The number of ether oxygens (including phenoxy) is 1. The lowest BCUT2D eigenvalue weighted by molar-refractivity contribution is -0.126. The highest BCUT2D eigenvalue weighted by Crippen LogP contribution is 2.33. The topological polar surface area (TPSA) is 80.3 Å². The first-order valence-electron chi connectivity index (χ1n) is 9.57.